The van der Waals surface area contributed by atoms with E-state index in [1.807, 2.05) is 0 Å². The van der Waals surface area contributed by atoms with Crippen LogP contribution in [0.5, 0.6) is 0 Å². The molecule has 0 aliphatic rings. The number of aromatic nitrogens is 1. The van der Waals surface area contributed by atoms with Gasteiger partial charge in [0, 0.05) is 23.9 Å². The monoisotopic (exact) mass is 344 g/mol. The molecule has 0 amide bonds. The van der Waals surface area contributed by atoms with Gasteiger partial charge in [-0.15, -0.1) is 0 Å². The molecular formula is C12H13F5N2O2S. The quantitative estimate of drug-likeness (QED) is 0.710. The number of carboxylic acid groups (broad SMARTS) is 1. The Bertz CT molecular complexity index is 484. The van der Waals surface area contributed by atoms with Crippen molar-refractivity contribution >= 4 is 17.7 Å². The summed E-state index contributed by atoms with van der Waals surface area (Å²) in [5.41, 5.74) is 0.789. The van der Waals surface area contributed by atoms with E-state index in [1.165, 1.54) is 0 Å². The van der Waals surface area contributed by atoms with Crippen LogP contribution in [0.1, 0.15) is 5.56 Å². The van der Waals surface area contributed by atoms with Gasteiger partial charge in [0.2, 0.25) is 0 Å². The van der Waals surface area contributed by atoms with Crippen LogP contribution in [-0.4, -0.2) is 46.5 Å². The lowest BCUT2D eigenvalue weighted by Gasteiger charge is -2.22. The second-order valence-electron chi connectivity index (χ2n) is 4.35. The summed E-state index contributed by atoms with van der Waals surface area (Å²) in [6.07, 6.45) is -2.62. The molecule has 2 N–H and O–H groups in total. The maximum atomic E-state index is 12.7. The first-order valence-electron chi connectivity index (χ1n) is 6.01. The van der Waals surface area contributed by atoms with Gasteiger partial charge in [0.05, 0.1) is 6.54 Å². The molecule has 0 unspecified atom stereocenters. The predicted octanol–water partition coefficient (Wildman–Crippen LogP) is 2.56. The second kappa shape index (κ2) is 7.73. The summed E-state index contributed by atoms with van der Waals surface area (Å²) in [5.74, 6) is -6.25. The maximum Gasteiger partial charge on any atom is 0.454 e. The number of pyridine rings is 1. The van der Waals surface area contributed by atoms with E-state index in [0.717, 1.165) is 17.3 Å². The molecule has 22 heavy (non-hydrogen) atoms. The summed E-state index contributed by atoms with van der Waals surface area (Å²) in [6.45, 7) is -1.78. The summed E-state index contributed by atoms with van der Waals surface area (Å²) in [7, 11) is 0. The Kier molecular flexibility index (Phi) is 6.54. The zero-order chi connectivity index (χ0) is 16.8. The third kappa shape index (κ3) is 5.76. The van der Waals surface area contributed by atoms with Crippen molar-refractivity contribution in [1.82, 2.24) is 10.3 Å². The van der Waals surface area contributed by atoms with Gasteiger partial charge in [-0.3, -0.25) is 15.1 Å². The highest BCUT2D eigenvalue weighted by molar-refractivity contribution is 7.98. The largest absolute Gasteiger partial charge is 0.480 e. The number of nitrogens with zero attached hydrogens (tertiary/aromatic N) is 1. The predicted molar refractivity (Wildman–Crippen MR) is 70.8 cm³/mol. The number of hydrogen-bond acceptors (Lipinski definition) is 4. The fourth-order valence-electron chi connectivity index (χ4n) is 1.35. The highest BCUT2D eigenvalue weighted by atomic mass is 32.2. The Hall–Kier alpha value is -1.42. The number of rotatable bonds is 8. The minimum atomic E-state index is -5.72. The summed E-state index contributed by atoms with van der Waals surface area (Å²) in [4.78, 5) is 14.7. The Morgan fingerprint density at radius 3 is 2.55 bits per heavy atom. The molecule has 0 spiro atoms. The van der Waals surface area contributed by atoms with Crippen LogP contribution in [0.25, 0.3) is 0 Å². The van der Waals surface area contributed by atoms with Gasteiger partial charge in [-0.1, -0.05) is 6.07 Å². The number of carbonyl (C=O) groups is 1. The van der Waals surface area contributed by atoms with Crippen LogP contribution in [0.15, 0.2) is 24.5 Å². The van der Waals surface area contributed by atoms with Gasteiger partial charge < -0.3 is 5.11 Å². The van der Waals surface area contributed by atoms with E-state index < -0.39 is 30.7 Å². The molecule has 0 radical (unpaired) electrons. The molecular weight excluding hydrogens is 331 g/mol. The van der Waals surface area contributed by atoms with Crippen LogP contribution in [0.3, 0.4) is 0 Å². The molecule has 0 saturated heterocycles. The molecule has 1 atom stereocenters. The minimum Gasteiger partial charge on any atom is -0.480 e. The molecule has 0 aliphatic carbocycles. The van der Waals surface area contributed by atoms with Gasteiger partial charge in [-0.2, -0.15) is 33.7 Å². The second-order valence-corrected chi connectivity index (χ2v) is 5.38. The van der Waals surface area contributed by atoms with Crippen LogP contribution >= 0.6 is 11.8 Å². The van der Waals surface area contributed by atoms with E-state index in [9.17, 15) is 26.7 Å². The standard InChI is InChI=1S/C12H13F5N2O2S/c13-11(14,12(15,16)17)7-19-9(10(20)21)6-22-5-8-2-1-3-18-4-8/h1-4,9,19H,5-7H2,(H,20,21)/t9-/m0/s1. The molecule has 1 aromatic rings. The first-order chi connectivity index (χ1) is 10.1. The van der Waals surface area contributed by atoms with Crippen molar-refractivity contribution in [3.8, 4) is 0 Å². The molecule has 124 valence electrons. The van der Waals surface area contributed by atoms with Gasteiger partial charge in [0.1, 0.15) is 6.04 Å². The van der Waals surface area contributed by atoms with Crippen molar-refractivity contribution in [2.24, 2.45) is 0 Å². The lowest BCUT2D eigenvalue weighted by atomic mass is 10.3. The van der Waals surface area contributed by atoms with E-state index in [2.05, 4.69) is 4.98 Å². The molecule has 0 aromatic carbocycles. The van der Waals surface area contributed by atoms with Crippen LogP contribution in [0.4, 0.5) is 22.0 Å². The normalized spacial score (nSPS) is 13.9. The number of alkyl halides is 5. The number of aliphatic carboxylic acids is 1. The van der Waals surface area contributed by atoms with Crippen molar-refractivity contribution < 1.29 is 31.9 Å². The van der Waals surface area contributed by atoms with Crippen molar-refractivity contribution in [3.05, 3.63) is 30.1 Å². The lowest BCUT2D eigenvalue weighted by Crippen LogP contribution is -2.50. The third-order valence-corrected chi connectivity index (χ3v) is 3.67. The fraction of sp³-hybridized carbons (Fsp3) is 0.500. The number of carboxylic acids is 1. The lowest BCUT2D eigenvalue weighted by molar-refractivity contribution is -0.279. The summed E-state index contributed by atoms with van der Waals surface area (Å²) < 4.78 is 61.5. The Labute approximate surface area is 127 Å². The van der Waals surface area contributed by atoms with Gasteiger partial charge in [0.25, 0.3) is 0 Å². The van der Waals surface area contributed by atoms with Crippen molar-refractivity contribution in [2.75, 3.05) is 12.3 Å². The summed E-state index contributed by atoms with van der Waals surface area (Å²) in [6, 6.07) is 1.91. The Balaban J connectivity index is 2.48. The van der Waals surface area contributed by atoms with Gasteiger partial charge in [0.15, 0.2) is 0 Å². The van der Waals surface area contributed by atoms with E-state index in [1.54, 1.807) is 29.8 Å². The fourth-order valence-corrected chi connectivity index (χ4v) is 2.37. The van der Waals surface area contributed by atoms with Crippen molar-refractivity contribution in [2.45, 2.75) is 23.9 Å². The molecule has 0 bridgehead atoms. The van der Waals surface area contributed by atoms with Gasteiger partial charge in [-0.25, -0.2) is 0 Å². The minimum absolute atomic E-state index is 0.155. The summed E-state index contributed by atoms with van der Waals surface area (Å²) >= 11 is 1.09. The maximum absolute atomic E-state index is 12.7. The zero-order valence-electron chi connectivity index (χ0n) is 11.1. The van der Waals surface area contributed by atoms with Gasteiger partial charge in [-0.05, 0) is 11.6 Å². The molecule has 0 fully saturated rings. The first-order valence-corrected chi connectivity index (χ1v) is 7.16. The number of hydrogen-bond donors (Lipinski definition) is 2. The molecule has 1 rings (SSSR count). The van der Waals surface area contributed by atoms with Crippen LogP contribution in [-0.2, 0) is 10.5 Å². The highest BCUT2D eigenvalue weighted by Gasteiger charge is 2.57. The first kappa shape index (κ1) is 18.6. The molecule has 1 heterocycles. The van der Waals surface area contributed by atoms with E-state index >= 15 is 0 Å². The average molecular weight is 344 g/mol. The average Bonchev–Trinajstić information content (AvgIpc) is 2.42. The molecule has 1 aromatic heterocycles. The van der Waals surface area contributed by atoms with E-state index in [-0.39, 0.29) is 5.75 Å². The Morgan fingerprint density at radius 2 is 2.05 bits per heavy atom. The Morgan fingerprint density at radius 1 is 1.36 bits per heavy atom. The van der Waals surface area contributed by atoms with Crippen LogP contribution < -0.4 is 5.32 Å². The van der Waals surface area contributed by atoms with Crippen molar-refractivity contribution in [3.63, 3.8) is 0 Å². The molecule has 0 saturated carbocycles. The van der Waals surface area contributed by atoms with Crippen LogP contribution in [0, 0.1) is 0 Å². The number of thioether (sulfide) groups is 1. The molecule has 4 nitrogen and oxygen atoms in total. The van der Waals surface area contributed by atoms with E-state index in [0.29, 0.717) is 5.75 Å². The van der Waals surface area contributed by atoms with E-state index in [4.69, 9.17) is 5.11 Å². The zero-order valence-corrected chi connectivity index (χ0v) is 11.9. The van der Waals surface area contributed by atoms with Crippen LogP contribution in [0.2, 0.25) is 0 Å². The highest BCUT2D eigenvalue weighted by Crippen LogP contribution is 2.34. The molecule has 0 aliphatic heterocycles. The topological polar surface area (TPSA) is 62.2 Å². The summed E-state index contributed by atoms with van der Waals surface area (Å²) in [5, 5.41) is 10.6. The number of halogens is 5. The number of nitrogens with one attached hydrogen (secondary N) is 1. The smallest absolute Gasteiger partial charge is 0.454 e. The van der Waals surface area contributed by atoms with Crippen molar-refractivity contribution in [1.29, 1.82) is 0 Å². The SMILES string of the molecule is O=C(O)[C@H](CSCc1cccnc1)NCC(F)(F)C(F)(F)F. The third-order valence-electron chi connectivity index (χ3n) is 2.56. The van der Waals surface area contributed by atoms with Gasteiger partial charge >= 0.3 is 18.1 Å². The molecule has 10 heteroatoms.